The lowest BCUT2D eigenvalue weighted by Crippen LogP contribution is -2.40. The van der Waals surface area contributed by atoms with Crippen molar-refractivity contribution in [1.82, 2.24) is 15.1 Å². The fourth-order valence-corrected chi connectivity index (χ4v) is 2.59. The molecule has 0 aliphatic rings. The van der Waals surface area contributed by atoms with Gasteiger partial charge in [-0.3, -0.25) is 4.79 Å². The molecule has 2 N–H and O–H groups in total. The normalized spacial score (nSPS) is 12.2. The number of nitrogens with one attached hydrogen (secondary N) is 2. The Balaban J connectivity index is 2.01. The van der Waals surface area contributed by atoms with Gasteiger partial charge in [-0.25, -0.2) is 9.59 Å². The lowest BCUT2D eigenvalue weighted by Gasteiger charge is -2.20. The largest absolute Gasteiger partial charge is 0.444 e. The molecule has 12 nitrogen and oxygen atoms in total. The highest BCUT2D eigenvalue weighted by Crippen LogP contribution is 2.21. The molecule has 1 aromatic carbocycles. The van der Waals surface area contributed by atoms with Crippen LogP contribution in [0.15, 0.2) is 41.8 Å². The minimum absolute atomic E-state index is 0.229. The van der Waals surface area contributed by atoms with Crippen molar-refractivity contribution in [3.05, 3.63) is 47.1 Å². The van der Waals surface area contributed by atoms with E-state index in [2.05, 4.69) is 25.8 Å². The van der Waals surface area contributed by atoms with Crippen LogP contribution < -0.4 is 10.6 Å². The van der Waals surface area contributed by atoms with Gasteiger partial charge in [-0.1, -0.05) is 17.2 Å². The number of azide groups is 1. The molecule has 1 heterocycles. The third kappa shape index (κ3) is 8.47. The number of carbonyl (C=O) groups is 3. The van der Waals surface area contributed by atoms with Crippen LogP contribution in [0.5, 0.6) is 0 Å². The molecule has 0 saturated carbocycles. The maximum absolute atomic E-state index is 12.5. The van der Waals surface area contributed by atoms with E-state index in [1.165, 1.54) is 6.20 Å². The first-order valence-electron chi connectivity index (χ1n) is 10.5. The van der Waals surface area contributed by atoms with Gasteiger partial charge >= 0.3 is 12.2 Å². The molecular weight excluding hydrogens is 442 g/mol. The Morgan fingerprint density at radius 2 is 1.68 bits per heavy atom. The Bertz CT molecular complexity index is 1070. The van der Waals surface area contributed by atoms with Crippen LogP contribution in [0, 0.1) is 0 Å². The Morgan fingerprint density at radius 1 is 1.06 bits per heavy atom. The molecule has 2 rings (SSSR count). The molecule has 1 unspecified atom stereocenters. The monoisotopic (exact) mass is 471 g/mol. The smallest absolute Gasteiger partial charge is 0.435 e. The van der Waals surface area contributed by atoms with Crippen LogP contribution in [0.4, 0.5) is 15.3 Å². The van der Waals surface area contributed by atoms with E-state index in [0.29, 0.717) is 11.3 Å². The summed E-state index contributed by atoms with van der Waals surface area (Å²) in [4.78, 5) is 39.1. The van der Waals surface area contributed by atoms with Crippen molar-refractivity contribution in [2.24, 2.45) is 5.11 Å². The molecule has 0 aliphatic carbocycles. The van der Waals surface area contributed by atoms with Gasteiger partial charge in [0, 0.05) is 28.9 Å². The highest BCUT2D eigenvalue weighted by Gasteiger charge is 2.22. The summed E-state index contributed by atoms with van der Waals surface area (Å²) in [5.41, 5.74) is 9.30. The van der Waals surface area contributed by atoms with E-state index in [1.807, 2.05) is 0 Å². The molecule has 0 bridgehead atoms. The summed E-state index contributed by atoms with van der Waals surface area (Å²) in [6, 6.07) is 5.57. The van der Waals surface area contributed by atoms with Crippen LogP contribution in [-0.4, -0.2) is 51.7 Å². The fraction of sp³-hybridized carbons (Fsp3) is 0.455. The van der Waals surface area contributed by atoms with Crippen LogP contribution in [0.2, 0.25) is 0 Å². The van der Waals surface area contributed by atoms with Gasteiger partial charge in [0.05, 0.1) is 6.20 Å². The fourth-order valence-electron chi connectivity index (χ4n) is 2.59. The minimum Gasteiger partial charge on any atom is -0.444 e. The lowest BCUT2D eigenvalue weighted by atomic mass is 10.1. The van der Waals surface area contributed by atoms with Gasteiger partial charge in [0.25, 0.3) is 0 Å². The number of aromatic nitrogens is 2. The van der Waals surface area contributed by atoms with Gasteiger partial charge in [-0.05, 0) is 64.8 Å². The average Bonchev–Trinajstić information content (AvgIpc) is 3.19. The molecule has 34 heavy (non-hydrogen) atoms. The number of rotatable bonds is 6. The molecule has 0 spiro atoms. The second-order valence-electron chi connectivity index (χ2n) is 9.32. The molecule has 182 valence electrons. The standard InChI is InChI=1S/C22H29N7O5/c1-21(2,3)33-19(31)24-12-17(27-28-23)18(30)26-16-9-7-14(8-10-16)15-11-25-29(13-15)20(32)34-22(4,5)6/h7-11,13,17H,12H2,1-6H3,(H,24,31)(H,26,30). The molecule has 0 aliphatic heterocycles. The molecule has 1 atom stereocenters. The molecule has 1 aromatic heterocycles. The van der Waals surface area contributed by atoms with E-state index in [4.69, 9.17) is 15.0 Å². The summed E-state index contributed by atoms with van der Waals surface area (Å²) < 4.78 is 11.5. The molecule has 2 aromatic rings. The van der Waals surface area contributed by atoms with E-state index >= 15 is 0 Å². The number of benzene rings is 1. The lowest BCUT2D eigenvalue weighted by molar-refractivity contribution is -0.117. The van der Waals surface area contributed by atoms with Crippen LogP contribution in [0.1, 0.15) is 41.5 Å². The number of hydrogen-bond acceptors (Lipinski definition) is 7. The first kappa shape index (κ1) is 26.2. The van der Waals surface area contributed by atoms with Gasteiger partial charge in [0.2, 0.25) is 5.91 Å². The van der Waals surface area contributed by atoms with Gasteiger partial charge in [-0.2, -0.15) is 9.78 Å². The van der Waals surface area contributed by atoms with Crippen molar-refractivity contribution < 1.29 is 23.9 Å². The number of nitrogens with zero attached hydrogens (tertiary/aromatic N) is 5. The van der Waals surface area contributed by atoms with Crippen molar-refractivity contribution in [2.75, 3.05) is 11.9 Å². The zero-order valence-electron chi connectivity index (χ0n) is 20.0. The predicted octanol–water partition coefficient (Wildman–Crippen LogP) is 4.48. The number of ether oxygens (including phenoxy) is 2. The average molecular weight is 472 g/mol. The van der Waals surface area contributed by atoms with Gasteiger partial charge < -0.3 is 20.1 Å². The number of carbonyl (C=O) groups excluding carboxylic acids is 3. The first-order chi connectivity index (χ1) is 15.8. The van der Waals surface area contributed by atoms with Crippen LogP contribution >= 0.6 is 0 Å². The minimum atomic E-state index is -1.18. The summed E-state index contributed by atoms with van der Waals surface area (Å²) in [6.45, 7) is 10.2. The van der Waals surface area contributed by atoms with E-state index < -0.39 is 35.3 Å². The number of hydrogen-bond donors (Lipinski definition) is 2. The Labute approximate surface area is 197 Å². The Kier molecular flexibility index (Phi) is 8.26. The third-order valence-corrected chi connectivity index (χ3v) is 3.98. The topological polar surface area (TPSA) is 160 Å². The quantitative estimate of drug-likeness (QED) is 0.359. The van der Waals surface area contributed by atoms with E-state index in [9.17, 15) is 14.4 Å². The van der Waals surface area contributed by atoms with Crippen LogP contribution in [-0.2, 0) is 14.3 Å². The predicted molar refractivity (Wildman–Crippen MR) is 125 cm³/mol. The van der Waals surface area contributed by atoms with Gasteiger partial charge in [0.1, 0.15) is 17.2 Å². The van der Waals surface area contributed by atoms with Gasteiger partial charge in [-0.15, -0.1) is 0 Å². The molecule has 0 saturated heterocycles. The van der Waals surface area contributed by atoms with E-state index in [0.717, 1.165) is 10.2 Å². The molecule has 0 fully saturated rings. The molecular formula is C22H29N7O5. The van der Waals surface area contributed by atoms with Crippen LogP contribution in [0.3, 0.4) is 0 Å². The van der Waals surface area contributed by atoms with Crippen molar-refractivity contribution in [3.8, 4) is 11.1 Å². The number of alkyl carbamates (subject to hydrolysis) is 1. The van der Waals surface area contributed by atoms with E-state index in [-0.39, 0.29) is 6.54 Å². The summed E-state index contributed by atoms with van der Waals surface area (Å²) >= 11 is 0. The summed E-state index contributed by atoms with van der Waals surface area (Å²) in [6.07, 6.45) is 1.75. The Morgan fingerprint density at radius 3 is 2.24 bits per heavy atom. The van der Waals surface area contributed by atoms with Crippen molar-refractivity contribution >= 4 is 23.8 Å². The maximum Gasteiger partial charge on any atom is 0.435 e. The maximum atomic E-state index is 12.5. The SMILES string of the molecule is CC(C)(C)OC(=O)NCC(N=[N+]=[N-])C(=O)Nc1ccc(-c2cnn(C(=O)OC(C)(C)C)c2)cc1. The zero-order chi connectivity index (χ0) is 25.5. The molecule has 12 heteroatoms. The molecule has 0 radical (unpaired) electrons. The van der Waals surface area contributed by atoms with Crippen LogP contribution in [0.25, 0.3) is 21.6 Å². The first-order valence-corrected chi connectivity index (χ1v) is 10.5. The van der Waals surface area contributed by atoms with Gasteiger partial charge in [0.15, 0.2) is 0 Å². The molecule has 2 amide bonds. The van der Waals surface area contributed by atoms with Crippen molar-refractivity contribution in [1.29, 1.82) is 0 Å². The number of anilines is 1. The second-order valence-corrected chi connectivity index (χ2v) is 9.32. The van der Waals surface area contributed by atoms with Crippen molar-refractivity contribution in [2.45, 2.75) is 58.8 Å². The summed E-state index contributed by atoms with van der Waals surface area (Å²) in [5.74, 6) is -0.598. The van der Waals surface area contributed by atoms with E-state index in [1.54, 1.807) is 72.0 Å². The Hall–Kier alpha value is -4.05. The zero-order valence-corrected chi connectivity index (χ0v) is 20.0. The highest BCUT2D eigenvalue weighted by molar-refractivity contribution is 5.95. The summed E-state index contributed by atoms with van der Waals surface area (Å²) in [7, 11) is 0. The highest BCUT2D eigenvalue weighted by atomic mass is 16.6. The van der Waals surface area contributed by atoms with Crippen molar-refractivity contribution in [3.63, 3.8) is 0 Å². The third-order valence-electron chi connectivity index (χ3n) is 3.98. The number of amides is 2. The second kappa shape index (κ2) is 10.7. The summed E-state index contributed by atoms with van der Waals surface area (Å²) in [5, 5.41) is 12.5.